The van der Waals surface area contributed by atoms with Crippen molar-refractivity contribution >= 4 is 27.3 Å². The summed E-state index contributed by atoms with van der Waals surface area (Å²) in [6, 6.07) is 2.35. The van der Waals surface area contributed by atoms with Crippen molar-refractivity contribution in [2.45, 2.75) is 43.4 Å². The van der Waals surface area contributed by atoms with E-state index in [1.165, 1.54) is 6.07 Å². The molecule has 1 N–H and O–H groups in total. The molecule has 1 heterocycles. The fourth-order valence-electron chi connectivity index (χ4n) is 1.54. The van der Waals surface area contributed by atoms with Crippen LogP contribution in [0.2, 0.25) is 0 Å². The van der Waals surface area contributed by atoms with Crippen LogP contribution < -0.4 is 4.72 Å². The molecule has 108 valence electrons. The summed E-state index contributed by atoms with van der Waals surface area (Å²) in [5.74, 6) is -0.518. The highest BCUT2D eigenvalue weighted by molar-refractivity contribution is 7.91. The highest BCUT2D eigenvalue weighted by Gasteiger charge is 2.26. The van der Waals surface area contributed by atoms with E-state index < -0.39 is 22.0 Å². The van der Waals surface area contributed by atoms with Crippen LogP contribution in [0.25, 0.3) is 0 Å². The fourth-order valence-corrected chi connectivity index (χ4v) is 3.77. The average Bonchev–Trinajstić information content (AvgIpc) is 2.89. The highest BCUT2D eigenvalue weighted by atomic mass is 32.2. The maximum absolute atomic E-state index is 12.1. The van der Waals surface area contributed by atoms with Crippen molar-refractivity contribution in [1.29, 1.82) is 0 Å². The molecule has 0 aliphatic rings. The van der Waals surface area contributed by atoms with Crippen molar-refractivity contribution in [2.24, 2.45) is 0 Å². The van der Waals surface area contributed by atoms with Crippen LogP contribution >= 0.6 is 11.3 Å². The number of thiophene rings is 1. The zero-order valence-electron chi connectivity index (χ0n) is 11.1. The molecular formula is C12H19NO4S2. The van der Waals surface area contributed by atoms with E-state index in [1.54, 1.807) is 18.4 Å². The first-order chi connectivity index (χ1) is 9.01. The lowest BCUT2D eigenvalue weighted by molar-refractivity contribution is -0.145. The van der Waals surface area contributed by atoms with E-state index in [2.05, 4.69) is 4.72 Å². The van der Waals surface area contributed by atoms with Gasteiger partial charge in [-0.25, -0.2) is 8.42 Å². The Kier molecular flexibility index (Phi) is 6.47. The van der Waals surface area contributed by atoms with Crippen LogP contribution in [0.4, 0.5) is 0 Å². The van der Waals surface area contributed by atoms with E-state index in [0.717, 1.165) is 24.2 Å². The molecule has 5 nitrogen and oxygen atoms in total. The topological polar surface area (TPSA) is 72.5 Å². The molecule has 0 aliphatic heterocycles. The second kappa shape index (κ2) is 7.62. The van der Waals surface area contributed by atoms with Crippen LogP contribution in [0.15, 0.2) is 21.7 Å². The molecule has 0 amide bonds. The summed E-state index contributed by atoms with van der Waals surface area (Å²) in [4.78, 5) is 11.8. The van der Waals surface area contributed by atoms with Crippen LogP contribution in [0.5, 0.6) is 0 Å². The molecule has 0 saturated carbocycles. The molecule has 0 saturated heterocycles. The minimum absolute atomic E-state index is 0.207. The van der Waals surface area contributed by atoms with Crippen LogP contribution in [0.3, 0.4) is 0 Å². The lowest BCUT2D eigenvalue weighted by atomic mass is 10.1. The third-order valence-corrected chi connectivity index (χ3v) is 5.34. The Bertz CT molecular complexity index is 482. The monoisotopic (exact) mass is 305 g/mol. The van der Waals surface area contributed by atoms with Gasteiger partial charge in [0.05, 0.1) is 6.61 Å². The minimum Gasteiger partial charge on any atom is -0.465 e. The molecule has 1 unspecified atom stereocenters. The van der Waals surface area contributed by atoms with Crippen molar-refractivity contribution in [3.8, 4) is 0 Å². The SMILES string of the molecule is CCCCC(NS(=O)(=O)c1cccs1)C(=O)OCC. The number of unbranched alkanes of at least 4 members (excludes halogenated alkanes) is 1. The van der Waals surface area contributed by atoms with Crippen LogP contribution in [0.1, 0.15) is 33.1 Å². The average molecular weight is 305 g/mol. The van der Waals surface area contributed by atoms with Gasteiger partial charge in [-0.15, -0.1) is 11.3 Å². The number of rotatable bonds is 8. The fraction of sp³-hybridized carbons (Fsp3) is 0.583. The van der Waals surface area contributed by atoms with Crippen molar-refractivity contribution in [3.05, 3.63) is 17.5 Å². The van der Waals surface area contributed by atoms with Crippen molar-refractivity contribution < 1.29 is 17.9 Å². The Hall–Kier alpha value is -0.920. The normalized spacial score (nSPS) is 13.2. The number of hydrogen-bond donors (Lipinski definition) is 1. The molecule has 1 aromatic heterocycles. The largest absolute Gasteiger partial charge is 0.465 e. The van der Waals surface area contributed by atoms with E-state index in [0.29, 0.717) is 6.42 Å². The predicted octanol–water partition coefficient (Wildman–Crippen LogP) is 2.15. The second-order valence-corrected chi connectivity index (χ2v) is 6.89. The van der Waals surface area contributed by atoms with Gasteiger partial charge in [-0.1, -0.05) is 25.8 Å². The number of hydrogen-bond acceptors (Lipinski definition) is 5. The van der Waals surface area contributed by atoms with E-state index in [-0.39, 0.29) is 10.8 Å². The van der Waals surface area contributed by atoms with Gasteiger partial charge in [-0.3, -0.25) is 4.79 Å². The molecule has 0 fully saturated rings. The van der Waals surface area contributed by atoms with Gasteiger partial charge in [-0.2, -0.15) is 4.72 Å². The van der Waals surface area contributed by atoms with E-state index in [1.807, 2.05) is 6.92 Å². The Morgan fingerprint density at radius 3 is 2.74 bits per heavy atom. The van der Waals surface area contributed by atoms with Gasteiger partial charge >= 0.3 is 5.97 Å². The van der Waals surface area contributed by atoms with Crippen LogP contribution in [-0.4, -0.2) is 27.0 Å². The molecule has 1 atom stereocenters. The van der Waals surface area contributed by atoms with E-state index in [9.17, 15) is 13.2 Å². The highest BCUT2D eigenvalue weighted by Crippen LogP contribution is 2.17. The van der Waals surface area contributed by atoms with Crippen molar-refractivity contribution in [1.82, 2.24) is 4.72 Å². The molecule has 0 aliphatic carbocycles. The predicted molar refractivity (Wildman–Crippen MR) is 74.6 cm³/mol. The van der Waals surface area contributed by atoms with Crippen molar-refractivity contribution in [3.63, 3.8) is 0 Å². The molecule has 0 bridgehead atoms. The summed E-state index contributed by atoms with van der Waals surface area (Å²) in [5, 5.41) is 1.68. The van der Waals surface area contributed by atoms with Gasteiger partial charge < -0.3 is 4.74 Å². The van der Waals surface area contributed by atoms with Gasteiger partial charge in [0.15, 0.2) is 0 Å². The molecular weight excluding hydrogens is 286 g/mol. The summed E-state index contributed by atoms with van der Waals surface area (Å²) in [6.07, 6.45) is 2.09. The lowest BCUT2D eigenvalue weighted by Crippen LogP contribution is -2.41. The van der Waals surface area contributed by atoms with Gasteiger partial charge in [0.2, 0.25) is 0 Å². The van der Waals surface area contributed by atoms with Gasteiger partial charge in [-0.05, 0) is 24.8 Å². The molecule has 0 aromatic carbocycles. The Morgan fingerprint density at radius 2 is 2.21 bits per heavy atom. The minimum atomic E-state index is -3.64. The third-order valence-electron chi connectivity index (χ3n) is 2.47. The Labute approximate surface area is 118 Å². The zero-order chi connectivity index (χ0) is 14.3. The van der Waals surface area contributed by atoms with Gasteiger partial charge in [0, 0.05) is 0 Å². The maximum atomic E-state index is 12.1. The zero-order valence-corrected chi connectivity index (χ0v) is 12.7. The van der Waals surface area contributed by atoms with Crippen molar-refractivity contribution in [2.75, 3.05) is 6.61 Å². The van der Waals surface area contributed by atoms with E-state index in [4.69, 9.17) is 4.74 Å². The quantitative estimate of drug-likeness (QED) is 0.747. The summed E-state index contributed by atoms with van der Waals surface area (Å²) >= 11 is 1.12. The number of sulfonamides is 1. The number of ether oxygens (including phenoxy) is 1. The second-order valence-electron chi connectivity index (χ2n) is 4.00. The number of nitrogens with one attached hydrogen (secondary N) is 1. The standard InChI is InChI=1S/C12H19NO4S2/c1-3-5-7-10(12(14)17-4-2)13-19(15,16)11-8-6-9-18-11/h6,8-10,13H,3-5,7H2,1-2H3. The molecule has 7 heteroatoms. The van der Waals surface area contributed by atoms with Crippen LogP contribution in [-0.2, 0) is 19.6 Å². The molecule has 0 spiro atoms. The first kappa shape index (κ1) is 16.1. The molecule has 1 aromatic rings. The maximum Gasteiger partial charge on any atom is 0.324 e. The molecule has 19 heavy (non-hydrogen) atoms. The number of esters is 1. The lowest BCUT2D eigenvalue weighted by Gasteiger charge is -2.16. The summed E-state index contributed by atoms with van der Waals surface area (Å²) in [5.41, 5.74) is 0. The summed E-state index contributed by atoms with van der Waals surface area (Å²) < 4.78 is 31.7. The smallest absolute Gasteiger partial charge is 0.324 e. The summed E-state index contributed by atoms with van der Waals surface area (Å²) in [7, 11) is -3.64. The summed E-state index contributed by atoms with van der Waals surface area (Å²) in [6.45, 7) is 3.92. The Balaban J connectivity index is 2.79. The molecule has 1 rings (SSSR count). The first-order valence-electron chi connectivity index (χ1n) is 6.23. The van der Waals surface area contributed by atoms with E-state index >= 15 is 0 Å². The van der Waals surface area contributed by atoms with Crippen LogP contribution in [0, 0.1) is 0 Å². The number of carbonyl (C=O) groups is 1. The van der Waals surface area contributed by atoms with Gasteiger partial charge in [0.1, 0.15) is 10.3 Å². The third kappa shape index (κ3) is 4.93. The first-order valence-corrected chi connectivity index (χ1v) is 8.60. The Morgan fingerprint density at radius 1 is 1.47 bits per heavy atom. The molecule has 0 radical (unpaired) electrons. The number of carbonyl (C=O) groups excluding carboxylic acids is 1. The van der Waals surface area contributed by atoms with Gasteiger partial charge in [0.25, 0.3) is 10.0 Å².